The maximum atomic E-state index is 5.67. The molecular formula is C14H22N2S. The van der Waals surface area contributed by atoms with Crippen molar-refractivity contribution in [1.82, 2.24) is 5.43 Å². The number of nitrogens with one attached hydrogen (secondary N) is 1. The van der Waals surface area contributed by atoms with Crippen molar-refractivity contribution in [3.05, 3.63) is 35.9 Å². The molecule has 0 amide bonds. The normalized spacial score (nSPS) is 21.6. The maximum absolute atomic E-state index is 5.67. The van der Waals surface area contributed by atoms with Crippen LogP contribution in [-0.4, -0.2) is 17.5 Å². The highest BCUT2D eigenvalue weighted by atomic mass is 32.2. The van der Waals surface area contributed by atoms with Gasteiger partial charge in [0, 0.05) is 6.04 Å². The molecule has 2 unspecified atom stereocenters. The van der Waals surface area contributed by atoms with Crippen LogP contribution in [-0.2, 0) is 6.42 Å². The van der Waals surface area contributed by atoms with E-state index in [4.69, 9.17) is 5.84 Å². The fourth-order valence-corrected chi connectivity index (χ4v) is 3.83. The first kappa shape index (κ1) is 12.9. The Balaban J connectivity index is 1.72. The Morgan fingerprint density at radius 1 is 1.35 bits per heavy atom. The van der Waals surface area contributed by atoms with Crippen LogP contribution in [0.1, 0.15) is 24.8 Å². The van der Waals surface area contributed by atoms with Crippen LogP contribution in [0.2, 0.25) is 0 Å². The topological polar surface area (TPSA) is 38.0 Å². The number of aryl methyl sites for hydroxylation is 1. The molecule has 0 aromatic heterocycles. The van der Waals surface area contributed by atoms with Gasteiger partial charge in [0.2, 0.25) is 0 Å². The fraction of sp³-hybridized carbons (Fsp3) is 0.571. The van der Waals surface area contributed by atoms with Gasteiger partial charge in [-0.05, 0) is 48.7 Å². The largest absolute Gasteiger partial charge is 0.271 e. The molecule has 17 heavy (non-hydrogen) atoms. The number of hydrazine groups is 1. The van der Waals surface area contributed by atoms with E-state index >= 15 is 0 Å². The van der Waals surface area contributed by atoms with Gasteiger partial charge in [0.15, 0.2) is 0 Å². The van der Waals surface area contributed by atoms with Gasteiger partial charge in [0.1, 0.15) is 0 Å². The van der Waals surface area contributed by atoms with Gasteiger partial charge in [-0.2, -0.15) is 11.8 Å². The molecule has 1 aromatic rings. The monoisotopic (exact) mass is 250 g/mol. The summed E-state index contributed by atoms with van der Waals surface area (Å²) in [5.41, 5.74) is 4.45. The van der Waals surface area contributed by atoms with E-state index < -0.39 is 0 Å². The second-order valence-corrected chi connectivity index (χ2v) is 5.92. The third kappa shape index (κ3) is 4.02. The summed E-state index contributed by atoms with van der Waals surface area (Å²) < 4.78 is 0. The average Bonchev–Trinajstić information content (AvgIpc) is 2.90. The zero-order chi connectivity index (χ0) is 11.9. The molecule has 0 aliphatic carbocycles. The Morgan fingerprint density at radius 2 is 2.18 bits per heavy atom. The molecule has 1 heterocycles. The first-order valence-electron chi connectivity index (χ1n) is 6.48. The van der Waals surface area contributed by atoms with E-state index in [1.165, 1.54) is 42.8 Å². The van der Waals surface area contributed by atoms with Gasteiger partial charge in [0.05, 0.1) is 0 Å². The lowest BCUT2D eigenvalue weighted by molar-refractivity contribution is 0.360. The zero-order valence-electron chi connectivity index (χ0n) is 10.3. The summed E-state index contributed by atoms with van der Waals surface area (Å²) in [6, 6.07) is 11.2. The third-order valence-corrected chi connectivity index (χ3v) is 4.76. The lowest BCUT2D eigenvalue weighted by Crippen LogP contribution is -2.41. The lowest BCUT2D eigenvalue weighted by Gasteiger charge is -2.21. The number of thioether (sulfide) groups is 1. The van der Waals surface area contributed by atoms with Crippen molar-refractivity contribution in [2.75, 3.05) is 11.5 Å². The summed E-state index contributed by atoms with van der Waals surface area (Å²) in [6.45, 7) is 0. The highest BCUT2D eigenvalue weighted by Gasteiger charge is 2.23. The number of hydrogen-bond acceptors (Lipinski definition) is 3. The summed E-state index contributed by atoms with van der Waals surface area (Å²) in [6.07, 6.45) is 4.90. The molecule has 2 nitrogen and oxygen atoms in total. The van der Waals surface area contributed by atoms with Crippen LogP contribution in [0.4, 0.5) is 0 Å². The highest BCUT2D eigenvalue weighted by molar-refractivity contribution is 7.99. The molecule has 1 aliphatic rings. The Morgan fingerprint density at radius 3 is 2.82 bits per heavy atom. The third-order valence-electron chi connectivity index (χ3n) is 3.57. The number of nitrogens with two attached hydrogens (primary N) is 1. The summed E-state index contributed by atoms with van der Waals surface area (Å²) in [4.78, 5) is 0. The van der Waals surface area contributed by atoms with E-state index in [9.17, 15) is 0 Å². The minimum atomic E-state index is 0.508. The SMILES string of the molecule is NNC(CCCc1ccccc1)C1CCSC1. The zero-order valence-corrected chi connectivity index (χ0v) is 11.1. The Hall–Kier alpha value is -0.510. The Kier molecular flexibility index (Phi) is 5.36. The number of rotatable bonds is 6. The van der Waals surface area contributed by atoms with Crippen molar-refractivity contribution in [1.29, 1.82) is 0 Å². The van der Waals surface area contributed by atoms with Crippen molar-refractivity contribution in [2.24, 2.45) is 11.8 Å². The quantitative estimate of drug-likeness (QED) is 0.602. The highest BCUT2D eigenvalue weighted by Crippen LogP contribution is 2.27. The summed E-state index contributed by atoms with van der Waals surface area (Å²) in [5, 5.41) is 0. The average molecular weight is 250 g/mol. The van der Waals surface area contributed by atoms with E-state index in [1.54, 1.807) is 0 Å². The standard InChI is InChI=1S/C14H22N2S/c15-16-14(13-9-10-17-11-13)8-4-7-12-5-2-1-3-6-12/h1-3,5-6,13-14,16H,4,7-11,15H2. The summed E-state index contributed by atoms with van der Waals surface area (Å²) in [5.74, 6) is 9.04. The van der Waals surface area contributed by atoms with Crippen LogP contribution in [0.15, 0.2) is 30.3 Å². The predicted octanol–water partition coefficient (Wildman–Crippen LogP) is 2.59. The van der Waals surface area contributed by atoms with Gasteiger partial charge >= 0.3 is 0 Å². The molecule has 1 aliphatic heterocycles. The maximum Gasteiger partial charge on any atom is 0.0247 e. The van der Waals surface area contributed by atoms with Gasteiger partial charge in [0.25, 0.3) is 0 Å². The van der Waals surface area contributed by atoms with E-state index in [0.717, 1.165) is 5.92 Å². The minimum Gasteiger partial charge on any atom is -0.271 e. The predicted molar refractivity (Wildman–Crippen MR) is 75.9 cm³/mol. The van der Waals surface area contributed by atoms with Gasteiger partial charge in [-0.3, -0.25) is 11.3 Å². The molecule has 1 aromatic carbocycles. The van der Waals surface area contributed by atoms with Gasteiger partial charge < -0.3 is 0 Å². The van der Waals surface area contributed by atoms with Crippen LogP contribution < -0.4 is 11.3 Å². The van der Waals surface area contributed by atoms with Crippen LogP contribution >= 0.6 is 11.8 Å². The molecule has 2 atom stereocenters. The molecule has 3 heteroatoms. The van der Waals surface area contributed by atoms with Gasteiger partial charge in [-0.15, -0.1) is 0 Å². The van der Waals surface area contributed by atoms with Crippen molar-refractivity contribution in [2.45, 2.75) is 31.7 Å². The Bertz CT molecular complexity index is 309. The van der Waals surface area contributed by atoms with Crippen LogP contribution in [0.3, 0.4) is 0 Å². The fourth-order valence-electron chi connectivity index (χ4n) is 2.50. The van der Waals surface area contributed by atoms with E-state index in [0.29, 0.717) is 6.04 Å². The molecule has 0 saturated carbocycles. The van der Waals surface area contributed by atoms with Gasteiger partial charge in [-0.1, -0.05) is 30.3 Å². The second kappa shape index (κ2) is 7.04. The molecule has 1 fully saturated rings. The number of benzene rings is 1. The van der Waals surface area contributed by atoms with E-state index in [-0.39, 0.29) is 0 Å². The second-order valence-electron chi connectivity index (χ2n) is 4.77. The first-order valence-corrected chi connectivity index (χ1v) is 7.63. The molecule has 0 radical (unpaired) electrons. The minimum absolute atomic E-state index is 0.508. The van der Waals surface area contributed by atoms with Crippen LogP contribution in [0, 0.1) is 5.92 Å². The van der Waals surface area contributed by atoms with Crippen LogP contribution in [0.5, 0.6) is 0 Å². The van der Waals surface area contributed by atoms with Gasteiger partial charge in [-0.25, -0.2) is 0 Å². The van der Waals surface area contributed by atoms with Crippen molar-refractivity contribution >= 4 is 11.8 Å². The molecule has 0 bridgehead atoms. The Labute approximate surface area is 108 Å². The molecular weight excluding hydrogens is 228 g/mol. The smallest absolute Gasteiger partial charge is 0.0247 e. The molecule has 1 saturated heterocycles. The molecule has 0 spiro atoms. The van der Waals surface area contributed by atoms with Crippen molar-refractivity contribution < 1.29 is 0 Å². The summed E-state index contributed by atoms with van der Waals surface area (Å²) >= 11 is 2.06. The first-order chi connectivity index (χ1) is 8.40. The number of hydrogen-bond donors (Lipinski definition) is 2. The summed E-state index contributed by atoms with van der Waals surface area (Å²) in [7, 11) is 0. The van der Waals surface area contributed by atoms with E-state index in [2.05, 4.69) is 47.5 Å². The lowest BCUT2D eigenvalue weighted by atomic mass is 9.94. The molecule has 2 rings (SSSR count). The van der Waals surface area contributed by atoms with Crippen molar-refractivity contribution in [3.63, 3.8) is 0 Å². The van der Waals surface area contributed by atoms with Crippen LogP contribution in [0.25, 0.3) is 0 Å². The van der Waals surface area contributed by atoms with Crippen molar-refractivity contribution in [3.8, 4) is 0 Å². The molecule has 3 N–H and O–H groups in total. The van der Waals surface area contributed by atoms with E-state index in [1.807, 2.05) is 0 Å². The molecule has 94 valence electrons.